The fourth-order valence-electron chi connectivity index (χ4n) is 1.01. The van der Waals surface area contributed by atoms with Gasteiger partial charge < -0.3 is 4.74 Å². The summed E-state index contributed by atoms with van der Waals surface area (Å²) in [4.78, 5) is 16.4. The van der Waals surface area contributed by atoms with Crippen LogP contribution in [0.25, 0.3) is 0 Å². The van der Waals surface area contributed by atoms with Gasteiger partial charge in [0.1, 0.15) is 0 Å². The van der Waals surface area contributed by atoms with Crippen LogP contribution in [0.15, 0.2) is 29.4 Å². The Hall–Kier alpha value is -1.03. The molecule has 0 saturated carbocycles. The molecule has 0 bridgehead atoms. The van der Waals surface area contributed by atoms with Gasteiger partial charge in [0.15, 0.2) is 0 Å². The first-order valence-corrected chi connectivity index (χ1v) is 5.92. The lowest BCUT2D eigenvalue weighted by molar-refractivity contribution is -0.146. The van der Waals surface area contributed by atoms with Gasteiger partial charge in [-0.05, 0) is 19.1 Å². The highest BCUT2D eigenvalue weighted by molar-refractivity contribution is 7.99. The number of esters is 1. The van der Waals surface area contributed by atoms with E-state index in [0.29, 0.717) is 6.61 Å². The zero-order valence-electron chi connectivity index (χ0n) is 8.97. The number of carbonyl (C=O) groups excluding carboxylic acids is 1. The Kier molecular flexibility index (Phi) is 5.18. The summed E-state index contributed by atoms with van der Waals surface area (Å²) in [6, 6.07) is 3.87. The average Bonchev–Trinajstić information content (AvgIpc) is 2.27. The van der Waals surface area contributed by atoms with E-state index in [4.69, 9.17) is 4.74 Å². The van der Waals surface area contributed by atoms with Crippen LogP contribution in [-0.2, 0) is 9.53 Å². The van der Waals surface area contributed by atoms with Crippen LogP contribution in [0.4, 0.5) is 0 Å². The molecule has 0 spiro atoms. The molecule has 1 aromatic rings. The van der Waals surface area contributed by atoms with Crippen LogP contribution >= 0.6 is 11.8 Å². The van der Waals surface area contributed by atoms with Crippen LogP contribution in [0.1, 0.15) is 13.8 Å². The van der Waals surface area contributed by atoms with Crippen molar-refractivity contribution in [2.45, 2.75) is 18.7 Å². The Bertz CT molecular complexity index is 303. The molecule has 0 saturated heterocycles. The van der Waals surface area contributed by atoms with E-state index in [2.05, 4.69) is 4.98 Å². The predicted molar refractivity (Wildman–Crippen MR) is 60.8 cm³/mol. The minimum Gasteiger partial charge on any atom is -0.466 e. The molecule has 0 fully saturated rings. The third-order valence-corrected chi connectivity index (χ3v) is 3.11. The number of ether oxygens (including phenoxy) is 1. The number of hydrogen-bond acceptors (Lipinski definition) is 4. The molecule has 0 aliphatic carbocycles. The van der Waals surface area contributed by atoms with Crippen LogP contribution in [0.3, 0.4) is 0 Å². The minimum atomic E-state index is -0.126. The summed E-state index contributed by atoms with van der Waals surface area (Å²) in [5.41, 5.74) is 0. The van der Waals surface area contributed by atoms with Gasteiger partial charge in [0, 0.05) is 23.0 Å². The maximum atomic E-state index is 11.3. The Morgan fingerprint density at radius 3 is 2.80 bits per heavy atom. The molecule has 1 heterocycles. The number of nitrogens with zero attached hydrogens (tertiary/aromatic N) is 1. The molecule has 1 rings (SSSR count). The molecule has 3 nitrogen and oxygen atoms in total. The molecule has 15 heavy (non-hydrogen) atoms. The van der Waals surface area contributed by atoms with Crippen molar-refractivity contribution in [1.29, 1.82) is 0 Å². The van der Waals surface area contributed by atoms with E-state index in [-0.39, 0.29) is 11.9 Å². The lowest BCUT2D eigenvalue weighted by Gasteiger charge is -2.09. The van der Waals surface area contributed by atoms with E-state index < -0.39 is 0 Å². The van der Waals surface area contributed by atoms with Gasteiger partial charge in [0.25, 0.3) is 0 Å². The quantitative estimate of drug-likeness (QED) is 0.569. The number of thioether (sulfide) groups is 1. The molecule has 82 valence electrons. The fraction of sp³-hybridized carbons (Fsp3) is 0.455. The van der Waals surface area contributed by atoms with Crippen LogP contribution in [0.2, 0.25) is 0 Å². The van der Waals surface area contributed by atoms with Gasteiger partial charge in [-0.3, -0.25) is 9.78 Å². The van der Waals surface area contributed by atoms with Crippen molar-refractivity contribution in [3.05, 3.63) is 24.5 Å². The van der Waals surface area contributed by atoms with E-state index in [1.807, 2.05) is 26.0 Å². The van der Waals surface area contributed by atoms with E-state index >= 15 is 0 Å². The Balaban J connectivity index is 2.34. The monoisotopic (exact) mass is 225 g/mol. The van der Waals surface area contributed by atoms with E-state index in [1.54, 1.807) is 24.2 Å². The molecule has 0 radical (unpaired) electrons. The zero-order valence-corrected chi connectivity index (χ0v) is 9.79. The third kappa shape index (κ3) is 4.34. The summed E-state index contributed by atoms with van der Waals surface area (Å²) < 4.78 is 4.93. The summed E-state index contributed by atoms with van der Waals surface area (Å²) in [6.45, 7) is 4.15. The van der Waals surface area contributed by atoms with Crippen molar-refractivity contribution in [2.24, 2.45) is 5.92 Å². The van der Waals surface area contributed by atoms with Crippen molar-refractivity contribution in [2.75, 3.05) is 12.4 Å². The molecular weight excluding hydrogens is 210 g/mol. The Labute approximate surface area is 94.2 Å². The van der Waals surface area contributed by atoms with Gasteiger partial charge in [0.2, 0.25) is 0 Å². The highest BCUT2D eigenvalue weighted by Gasteiger charge is 2.13. The molecule has 0 aliphatic rings. The van der Waals surface area contributed by atoms with Gasteiger partial charge in [0.05, 0.1) is 12.5 Å². The van der Waals surface area contributed by atoms with Crippen LogP contribution < -0.4 is 0 Å². The number of aromatic nitrogens is 1. The maximum Gasteiger partial charge on any atom is 0.309 e. The second-order valence-electron chi connectivity index (χ2n) is 3.15. The number of carbonyl (C=O) groups is 1. The van der Waals surface area contributed by atoms with E-state index in [0.717, 1.165) is 10.6 Å². The largest absolute Gasteiger partial charge is 0.466 e. The first-order chi connectivity index (χ1) is 7.24. The lowest BCUT2D eigenvalue weighted by atomic mass is 10.2. The number of rotatable bonds is 5. The molecule has 4 heteroatoms. The van der Waals surface area contributed by atoms with Crippen molar-refractivity contribution in [1.82, 2.24) is 4.98 Å². The van der Waals surface area contributed by atoms with Crippen molar-refractivity contribution < 1.29 is 9.53 Å². The Morgan fingerprint density at radius 1 is 1.53 bits per heavy atom. The molecule has 1 atom stereocenters. The Morgan fingerprint density at radius 2 is 2.20 bits per heavy atom. The smallest absolute Gasteiger partial charge is 0.309 e. The minimum absolute atomic E-state index is 0.0666. The second kappa shape index (κ2) is 6.45. The summed E-state index contributed by atoms with van der Waals surface area (Å²) in [7, 11) is 0. The maximum absolute atomic E-state index is 11.3. The summed E-state index contributed by atoms with van der Waals surface area (Å²) in [5.74, 6) is 0.547. The fourth-order valence-corrected chi connectivity index (χ4v) is 1.90. The number of hydrogen-bond donors (Lipinski definition) is 0. The van der Waals surface area contributed by atoms with Gasteiger partial charge in [-0.25, -0.2) is 0 Å². The third-order valence-electron chi connectivity index (χ3n) is 1.84. The van der Waals surface area contributed by atoms with Gasteiger partial charge in [-0.1, -0.05) is 6.92 Å². The van der Waals surface area contributed by atoms with Crippen molar-refractivity contribution in [3.63, 3.8) is 0 Å². The predicted octanol–water partition coefficient (Wildman–Crippen LogP) is 2.37. The van der Waals surface area contributed by atoms with E-state index in [1.165, 1.54) is 0 Å². The molecule has 0 amide bonds. The average molecular weight is 225 g/mol. The molecule has 0 aliphatic heterocycles. The summed E-state index contributed by atoms with van der Waals surface area (Å²) in [6.07, 6.45) is 3.49. The zero-order chi connectivity index (χ0) is 11.1. The summed E-state index contributed by atoms with van der Waals surface area (Å²) in [5, 5.41) is 0. The van der Waals surface area contributed by atoms with Crippen molar-refractivity contribution >= 4 is 17.7 Å². The topological polar surface area (TPSA) is 39.2 Å². The molecule has 1 unspecified atom stereocenters. The number of pyridine rings is 1. The van der Waals surface area contributed by atoms with Gasteiger partial charge in [-0.2, -0.15) is 0 Å². The van der Waals surface area contributed by atoms with Gasteiger partial charge >= 0.3 is 5.97 Å². The van der Waals surface area contributed by atoms with Gasteiger partial charge in [-0.15, -0.1) is 11.8 Å². The van der Waals surface area contributed by atoms with E-state index in [9.17, 15) is 4.79 Å². The normalized spacial score (nSPS) is 12.1. The first kappa shape index (κ1) is 12.0. The molecule has 1 aromatic heterocycles. The lowest BCUT2D eigenvalue weighted by Crippen LogP contribution is -2.16. The van der Waals surface area contributed by atoms with Crippen molar-refractivity contribution in [3.8, 4) is 0 Å². The van der Waals surface area contributed by atoms with Crippen LogP contribution in [0, 0.1) is 5.92 Å². The second-order valence-corrected chi connectivity index (χ2v) is 4.24. The molecular formula is C11H15NO2S. The highest BCUT2D eigenvalue weighted by atomic mass is 32.2. The standard InChI is InChI=1S/C11H15NO2S/c1-3-14-11(13)9(2)8-15-10-4-6-12-7-5-10/h4-7,9H,3,8H2,1-2H3. The first-order valence-electron chi connectivity index (χ1n) is 4.93. The SMILES string of the molecule is CCOC(=O)C(C)CSc1ccncc1. The molecule has 0 N–H and O–H groups in total. The molecule has 0 aromatic carbocycles. The highest BCUT2D eigenvalue weighted by Crippen LogP contribution is 2.19. The van der Waals surface area contributed by atoms with Crippen LogP contribution in [0.5, 0.6) is 0 Å². The summed E-state index contributed by atoms with van der Waals surface area (Å²) >= 11 is 1.64. The van der Waals surface area contributed by atoms with Crippen LogP contribution in [-0.4, -0.2) is 23.3 Å².